The van der Waals surface area contributed by atoms with Crippen LogP contribution in [0.4, 0.5) is 0 Å². The van der Waals surface area contributed by atoms with Crippen molar-refractivity contribution >= 4 is 5.91 Å². The number of ether oxygens (including phenoxy) is 1. The van der Waals surface area contributed by atoms with Gasteiger partial charge in [-0.3, -0.25) is 4.79 Å². The fourth-order valence-electron chi connectivity index (χ4n) is 2.72. The quantitative estimate of drug-likeness (QED) is 0.647. The van der Waals surface area contributed by atoms with Gasteiger partial charge in [0.05, 0.1) is 25.5 Å². The average Bonchev–Trinajstić information content (AvgIpc) is 3.26. The van der Waals surface area contributed by atoms with Crippen LogP contribution < -0.4 is 10.1 Å². The molecule has 0 unspecified atom stereocenters. The molecule has 9 heteroatoms. The van der Waals surface area contributed by atoms with Gasteiger partial charge >= 0.3 is 0 Å². The molecule has 0 saturated carbocycles. The van der Waals surface area contributed by atoms with E-state index in [9.17, 15) is 9.90 Å². The lowest BCUT2D eigenvalue weighted by atomic mass is 10.1. The molecule has 142 valence electrons. The van der Waals surface area contributed by atoms with Crippen LogP contribution in [0.5, 0.6) is 5.75 Å². The van der Waals surface area contributed by atoms with E-state index in [1.807, 2.05) is 19.1 Å². The number of aromatic nitrogens is 4. The first-order valence-corrected chi connectivity index (χ1v) is 8.40. The first-order valence-electron chi connectivity index (χ1n) is 8.40. The predicted octanol–water partition coefficient (Wildman–Crippen LogP) is 1.56. The summed E-state index contributed by atoms with van der Waals surface area (Å²) >= 11 is 0. The van der Waals surface area contributed by atoms with Crippen LogP contribution in [0.1, 0.15) is 39.2 Å². The molecular weight excluding hydrogens is 350 g/mol. The maximum absolute atomic E-state index is 12.3. The number of nitrogens with one attached hydrogen (secondary N) is 1. The van der Waals surface area contributed by atoms with Gasteiger partial charge in [-0.05, 0) is 19.9 Å². The number of nitrogens with zero attached hydrogens (tertiary/aromatic N) is 4. The standard InChI is InChI=1S/C18H21N5O4/c1-11-14(12(2)27-21-11)8-19-18(25)15-9-23(22-20-15)10-16(24)13-6-4-5-7-17(13)26-3/h4-7,9,16,24H,8,10H2,1-3H3,(H,19,25)/t16-/m1/s1. The third kappa shape index (κ3) is 4.14. The first-order chi connectivity index (χ1) is 13.0. The Bertz CT molecular complexity index is 914. The summed E-state index contributed by atoms with van der Waals surface area (Å²) in [5.74, 6) is 0.881. The molecule has 0 saturated heterocycles. The van der Waals surface area contributed by atoms with Crippen molar-refractivity contribution in [2.24, 2.45) is 0 Å². The lowest BCUT2D eigenvalue weighted by Crippen LogP contribution is -2.23. The van der Waals surface area contributed by atoms with Gasteiger partial charge in [0.2, 0.25) is 0 Å². The predicted molar refractivity (Wildman–Crippen MR) is 95.1 cm³/mol. The van der Waals surface area contributed by atoms with Crippen LogP contribution in [-0.2, 0) is 13.1 Å². The number of amides is 1. The highest BCUT2D eigenvalue weighted by molar-refractivity contribution is 5.91. The molecule has 3 aromatic rings. The number of rotatable bonds is 7. The zero-order valence-electron chi connectivity index (χ0n) is 15.3. The highest BCUT2D eigenvalue weighted by Crippen LogP contribution is 2.25. The summed E-state index contributed by atoms with van der Waals surface area (Å²) in [7, 11) is 1.54. The van der Waals surface area contributed by atoms with Gasteiger partial charge in [-0.25, -0.2) is 4.68 Å². The Morgan fingerprint density at radius 3 is 2.85 bits per heavy atom. The third-order valence-corrected chi connectivity index (χ3v) is 4.24. The van der Waals surface area contributed by atoms with Gasteiger partial charge in [0.1, 0.15) is 17.6 Å². The van der Waals surface area contributed by atoms with E-state index in [1.165, 1.54) is 10.9 Å². The first kappa shape index (κ1) is 18.6. The highest BCUT2D eigenvalue weighted by Gasteiger charge is 2.17. The molecule has 0 radical (unpaired) electrons. The molecule has 2 N–H and O–H groups in total. The smallest absolute Gasteiger partial charge is 0.273 e. The number of carbonyl (C=O) groups excluding carboxylic acids is 1. The third-order valence-electron chi connectivity index (χ3n) is 4.24. The summed E-state index contributed by atoms with van der Waals surface area (Å²) in [6.45, 7) is 4.03. The Labute approximate surface area is 155 Å². The van der Waals surface area contributed by atoms with Gasteiger partial charge in [0, 0.05) is 17.7 Å². The van der Waals surface area contributed by atoms with Crippen molar-refractivity contribution in [2.45, 2.75) is 33.0 Å². The van der Waals surface area contributed by atoms with Crippen molar-refractivity contribution in [2.75, 3.05) is 7.11 Å². The lowest BCUT2D eigenvalue weighted by molar-refractivity contribution is 0.0945. The molecular formula is C18H21N5O4. The Morgan fingerprint density at radius 1 is 1.37 bits per heavy atom. The van der Waals surface area contributed by atoms with E-state index in [0.29, 0.717) is 17.1 Å². The van der Waals surface area contributed by atoms with Gasteiger partial charge in [0.25, 0.3) is 5.91 Å². The highest BCUT2D eigenvalue weighted by atomic mass is 16.5. The summed E-state index contributed by atoms with van der Waals surface area (Å²) in [6.07, 6.45) is 0.641. The van der Waals surface area contributed by atoms with Gasteiger partial charge in [-0.1, -0.05) is 28.6 Å². The number of aryl methyl sites for hydroxylation is 2. The van der Waals surface area contributed by atoms with Crippen LogP contribution in [0.3, 0.4) is 0 Å². The minimum absolute atomic E-state index is 0.143. The van der Waals surface area contributed by atoms with E-state index in [4.69, 9.17) is 9.26 Å². The van der Waals surface area contributed by atoms with Crippen molar-refractivity contribution in [3.8, 4) is 5.75 Å². The number of benzene rings is 1. The second kappa shape index (κ2) is 8.00. The molecule has 1 atom stereocenters. The monoisotopic (exact) mass is 371 g/mol. The second-order valence-corrected chi connectivity index (χ2v) is 6.07. The van der Waals surface area contributed by atoms with Crippen molar-refractivity contribution in [1.82, 2.24) is 25.5 Å². The maximum atomic E-state index is 12.3. The number of hydrogen-bond acceptors (Lipinski definition) is 7. The van der Waals surface area contributed by atoms with Gasteiger partial charge < -0.3 is 19.7 Å². The van der Waals surface area contributed by atoms with Gasteiger partial charge in [-0.15, -0.1) is 5.10 Å². The Balaban J connectivity index is 1.63. The van der Waals surface area contributed by atoms with Gasteiger partial charge in [0.15, 0.2) is 5.69 Å². The fraction of sp³-hybridized carbons (Fsp3) is 0.333. The lowest BCUT2D eigenvalue weighted by Gasteiger charge is -2.14. The minimum Gasteiger partial charge on any atom is -0.496 e. The van der Waals surface area contributed by atoms with Crippen LogP contribution in [0, 0.1) is 13.8 Å². The Hall–Kier alpha value is -3.20. The molecule has 9 nitrogen and oxygen atoms in total. The molecule has 0 fully saturated rings. The van der Waals surface area contributed by atoms with Crippen LogP contribution >= 0.6 is 0 Å². The Morgan fingerprint density at radius 2 is 2.15 bits per heavy atom. The van der Waals surface area contributed by atoms with Crippen LogP contribution in [0.2, 0.25) is 0 Å². The maximum Gasteiger partial charge on any atom is 0.273 e. The molecule has 3 rings (SSSR count). The topological polar surface area (TPSA) is 115 Å². The molecule has 0 bridgehead atoms. The molecule has 0 aliphatic heterocycles. The average molecular weight is 371 g/mol. The van der Waals surface area contributed by atoms with Crippen molar-refractivity contribution in [3.63, 3.8) is 0 Å². The van der Waals surface area contributed by atoms with Crippen molar-refractivity contribution in [1.29, 1.82) is 0 Å². The number of carbonyl (C=O) groups is 1. The second-order valence-electron chi connectivity index (χ2n) is 6.07. The SMILES string of the molecule is COc1ccccc1[C@H](O)Cn1cc(C(=O)NCc2c(C)noc2C)nn1. The van der Waals surface area contributed by atoms with E-state index < -0.39 is 6.10 Å². The molecule has 0 spiro atoms. The summed E-state index contributed by atoms with van der Waals surface area (Å²) in [5, 5.41) is 24.8. The number of hydrogen-bond donors (Lipinski definition) is 2. The molecule has 0 aliphatic carbocycles. The number of methoxy groups -OCH3 is 1. The summed E-state index contributed by atoms with van der Waals surface area (Å²) in [5.41, 5.74) is 2.37. The normalized spacial score (nSPS) is 12.0. The molecule has 2 heterocycles. The molecule has 1 amide bonds. The van der Waals surface area contributed by atoms with E-state index in [-0.39, 0.29) is 24.7 Å². The summed E-state index contributed by atoms with van der Waals surface area (Å²) < 4.78 is 11.7. The van der Waals surface area contributed by atoms with E-state index in [1.54, 1.807) is 26.2 Å². The zero-order chi connectivity index (χ0) is 19.4. The molecule has 0 aliphatic rings. The zero-order valence-corrected chi connectivity index (χ0v) is 15.3. The van der Waals surface area contributed by atoms with Crippen molar-refractivity contribution in [3.05, 3.63) is 58.7 Å². The van der Waals surface area contributed by atoms with E-state index >= 15 is 0 Å². The summed E-state index contributed by atoms with van der Waals surface area (Å²) in [4.78, 5) is 12.3. The molecule has 1 aromatic carbocycles. The molecule has 2 aromatic heterocycles. The number of aliphatic hydroxyl groups is 1. The fourth-order valence-corrected chi connectivity index (χ4v) is 2.72. The Kier molecular flexibility index (Phi) is 5.51. The minimum atomic E-state index is -0.846. The number of para-hydroxylation sites is 1. The van der Waals surface area contributed by atoms with Gasteiger partial charge in [-0.2, -0.15) is 0 Å². The number of aliphatic hydroxyl groups excluding tert-OH is 1. The van der Waals surface area contributed by atoms with Crippen LogP contribution in [0.15, 0.2) is 35.0 Å². The van der Waals surface area contributed by atoms with Crippen LogP contribution in [0.25, 0.3) is 0 Å². The molecule has 27 heavy (non-hydrogen) atoms. The van der Waals surface area contributed by atoms with E-state index in [2.05, 4.69) is 20.8 Å². The van der Waals surface area contributed by atoms with Crippen LogP contribution in [-0.4, -0.2) is 38.3 Å². The van der Waals surface area contributed by atoms with E-state index in [0.717, 1.165) is 11.3 Å². The summed E-state index contributed by atoms with van der Waals surface area (Å²) in [6, 6.07) is 7.19. The van der Waals surface area contributed by atoms with Crippen molar-refractivity contribution < 1.29 is 19.2 Å². The largest absolute Gasteiger partial charge is 0.496 e.